The minimum absolute atomic E-state index is 0.0308. The molecule has 2 fully saturated rings. The van der Waals surface area contributed by atoms with Crippen LogP contribution in [0.25, 0.3) is 0 Å². The van der Waals surface area contributed by atoms with Gasteiger partial charge in [-0.25, -0.2) is 9.67 Å². The third-order valence-corrected chi connectivity index (χ3v) is 6.89. The van der Waals surface area contributed by atoms with E-state index in [1.54, 1.807) is 11.0 Å². The molecule has 2 aromatic heterocycles. The van der Waals surface area contributed by atoms with Crippen molar-refractivity contribution in [1.82, 2.24) is 24.6 Å². The maximum Gasteiger partial charge on any atom is 0.289 e. The van der Waals surface area contributed by atoms with E-state index in [1.165, 1.54) is 6.33 Å². The van der Waals surface area contributed by atoms with Crippen LogP contribution < -0.4 is 0 Å². The molecule has 3 heterocycles. The van der Waals surface area contributed by atoms with Gasteiger partial charge in [0.2, 0.25) is 0 Å². The van der Waals surface area contributed by atoms with Gasteiger partial charge in [-0.3, -0.25) is 9.69 Å². The maximum atomic E-state index is 13.2. The molecule has 1 N–H and O–H groups in total. The number of likely N-dealkylation sites (tertiary alicyclic amines) is 1. The van der Waals surface area contributed by atoms with Crippen LogP contribution in [0.1, 0.15) is 61.5 Å². The van der Waals surface area contributed by atoms with E-state index < -0.39 is 6.10 Å². The Balaban J connectivity index is 1.46. The van der Waals surface area contributed by atoms with Crippen LogP contribution in [0.15, 0.2) is 23.1 Å². The molecule has 164 valence electrons. The van der Waals surface area contributed by atoms with Gasteiger partial charge >= 0.3 is 0 Å². The molecule has 0 radical (unpaired) electrons. The second kappa shape index (κ2) is 8.89. The molecule has 0 aromatic carbocycles. The third kappa shape index (κ3) is 4.03. The number of carbonyl (C=O) groups is 1. The molecule has 0 unspecified atom stereocenters. The van der Waals surface area contributed by atoms with Crippen molar-refractivity contribution in [2.24, 2.45) is 11.8 Å². The molecule has 1 saturated carbocycles. The second-order valence-electron chi connectivity index (χ2n) is 8.59. The number of fused-ring (bicyclic) bond motifs is 1. The summed E-state index contributed by atoms with van der Waals surface area (Å²) >= 11 is 0. The Labute approximate surface area is 177 Å². The van der Waals surface area contributed by atoms with E-state index >= 15 is 0 Å². The predicted molar refractivity (Wildman–Crippen MR) is 112 cm³/mol. The molecule has 1 aliphatic heterocycles. The summed E-state index contributed by atoms with van der Waals surface area (Å²) in [5.74, 6) is 2.00. The molecule has 2 aromatic rings. The van der Waals surface area contributed by atoms with Crippen molar-refractivity contribution in [3.63, 3.8) is 0 Å². The van der Waals surface area contributed by atoms with Gasteiger partial charge in [-0.15, -0.1) is 0 Å². The predicted octanol–water partition coefficient (Wildman–Crippen LogP) is 2.36. The van der Waals surface area contributed by atoms with Crippen LogP contribution >= 0.6 is 0 Å². The zero-order valence-electron chi connectivity index (χ0n) is 18.2. The van der Waals surface area contributed by atoms with Gasteiger partial charge in [0.1, 0.15) is 18.4 Å². The van der Waals surface area contributed by atoms with Crippen molar-refractivity contribution in [1.29, 1.82) is 0 Å². The number of hydrogen-bond donors (Lipinski definition) is 1. The van der Waals surface area contributed by atoms with Crippen LogP contribution in [-0.4, -0.2) is 67.9 Å². The van der Waals surface area contributed by atoms with Crippen LogP contribution in [0.2, 0.25) is 0 Å². The van der Waals surface area contributed by atoms with Crippen molar-refractivity contribution < 1.29 is 14.3 Å². The Morgan fingerprint density at radius 1 is 1.23 bits per heavy atom. The van der Waals surface area contributed by atoms with E-state index in [9.17, 15) is 9.90 Å². The largest absolute Gasteiger partial charge is 0.456 e. The molecular weight excluding hydrogens is 382 g/mol. The zero-order valence-corrected chi connectivity index (χ0v) is 18.2. The van der Waals surface area contributed by atoms with Crippen LogP contribution in [0.3, 0.4) is 0 Å². The summed E-state index contributed by atoms with van der Waals surface area (Å²) in [5, 5.41) is 14.8. The summed E-state index contributed by atoms with van der Waals surface area (Å²) < 4.78 is 7.75. The molecule has 4 atom stereocenters. The fourth-order valence-corrected chi connectivity index (χ4v) is 5.09. The quantitative estimate of drug-likeness (QED) is 0.747. The standard InChI is InChI=1S/C22H33N5O3/c1-4-20-17(10-25(5-2)6-3)9-21(30-20)22(29)26-11-15-7-18(27-14-23-13-24-27)19(28)8-16(15)12-26/h9,13-16,18-19,28H,4-8,10-12H2,1-3H3/t15-,16+,18-,19-/m1/s1. The molecule has 2 aliphatic rings. The van der Waals surface area contributed by atoms with Crippen LogP contribution in [-0.2, 0) is 13.0 Å². The number of carbonyl (C=O) groups excluding carboxylic acids is 1. The van der Waals surface area contributed by atoms with Crippen molar-refractivity contribution in [2.45, 2.75) is 58.7 Å². The van der Waals surface area contributed by atoms with E-state index in [4.69, 9.17) is 4.42 Å². The molecule has 8 nitrogen and oxygen atoms in total. The van der Waals surface area contributed by atoms with Gasteiger partial charge in [0.05, 0.1) is 12.1 Å². The lowest BCUT2D eigenvalue weighted by Crippen LogP contribution is -2.36. The molecule has 8 heteroatoms. The molecule has 4 rings (SSSR count). The summed E-state index contributed by atoms with van der Waals surface area (Å²) in [6.45, 7) is 10.5. The molecule has 0 bridgehead atoms. The summed E-state index contributed by atoms with van der Waals surface area (Å²) in [6, 6.07) is 1.87. The number of aromatic nitrogens is 3. The monoisotopic (exact) mass is 415 g/mol. The highest BCUT2D eigenvalue weighted by molar-refractivity contribution is 5.92. The first-order valence-electron chi connectivity index (χ1n) is 11.2. The molecule has 30 heavy (non-hydrogen) atoms. The van der Waals surface area contributed by atoms with Gasteiger partial charge < -0.3 is 14.4 Å². The average Bonchev–Trinajstić information content (AvgIpc) is 3.49. The Hall–Kier alpha value is -2.19. The number of aryl methyl sites for hydroxylation is 1. The van der Waals surface area contributed by atoms with Crippen LogP contribution in [0.5, 0.6) is 0 Å². The van der Waals surface area contributed by atoms with E-state index in [0.29, 0.717) is 37.1 Å². The first-order valence-corrected chi connectivity index (χ1v) is 11.2. The van der Waals surface area contributed by atoms with Crippen molar-refractivity contribution >= 4 is 5.91 Å². The summed E-state index contributed by atoms with van der Waals surface area (Å²) in [5.41, 5.74) is 1.11. The van der Waals surface area contributed by atoms with Crippen LogP contribution in [0, 0.1) is 11.8 Å². The van der Waals surface area contributed by atoms with Gasteiger partial charge in [-0.05, 0) is 43.8 Å². The number of amides is 1. The number of aliphatic hydroxyl groups excluding tert-OH is 1. The topological polar surface area (TPSA) is 87.6 Å². The first kappa shape index (κ1) is 21.1. The number of rotatable bonds is 7. The van der Waals surface area contributed by atoms with Gasteiger partial charge in [0.15, 0.2) is 5.76 Å². The SMILES string of the molecule is CCc1oc(C(=O)N2C[C@H]3C[C@@H](n4cncn4)[C@H](O)C[C@H]3C2)cc1CN(CC)CC. The number of aliphatic hydroxyl groups is 1. The van der Waals surface area contributed by atoms with Gasteiger partial charge in [0, 0.05) is 31.6 Å². The summed E-state index contributed by atoms with van der Waals surface area (Å²) in [6.07, 6.45) is 4.98. The number of hydrogen-bond acceptors (Lipinski definition) is 6. The van der Waals surface area contributed by atoms with E-state index in [1.807, 2.05) is 11.0 Å². The maximum absolute atomic E-state index is 13.2. The average molecular weight is 416 g/mol. The van der Waals surface area contributed by atoms with Crippen molar-refractivity contribution in [3.8, 4) is 0 Å². The van der Waals surface area contributed by atoms with E-state index in [0.717, 1.165) is 43.8 Å². The van der Waals surface area contributed by atoms with E-state index in [-0.39, 0.29) is 11.9 Å². The lowest BCUT2D eigenvalue weighted by Gasteiger charge is -2.34. The van der Waals surface area contributed by atoms with Gasteiger partial charge in [-0.1, -0.05) is 20.8 Å². The third-order valence-electron chi connectivity index (χ3n) is 6.89. The highest BCUT2D eigenvalue weighted by atomic mass is 16.4. The highest BCUT2D eigenvalue weighted by Crippen LogP contribution is 2.41. The lowest BCUT2D eigenvalue weighted by atomic mass is 9.77. The first-order chi connectivity index (χ1) is 14.5. The lowest BCUT2D eigenvalue weighted by molar-refractivity contribution is 0.0304. The summed E-state index contributed by atoms with van der Waals surface area (Å²) in [4.78, 5) is 21.5. The minimum Gasteiger partial charge on any atom is -0.456 e. The van der Waals surface area contributed by atoms with Gasteiger partial charge in [-0.2, -0.15) is 5.10 Å². The Morgan fingerprint density at radius 3 is 2.60 bits per heavy atom. The van der Waals surface area contributed by atoms with Crippen LogP contribution in [0.4, 0.5) is 0 Å². The van der Waals surface area contributed by atoms with Crippen molar-refractivity contribution in [3.05, 3.63) is 35.8 Å². The highest BCUT2D eigenvalue weighted by Gasteiger charge is 2.44. The Kier molecular flexibility index (Phi) is 6.24. The molecular formula is C22H33N5O3. The normalized spacial score (nSPS) is 26.4. The Morgan fingerprint density at radius 2 is 1.97 bits per heavy atom. The molecule has 0 spiro atoms. The molecule has 1 amide bonds. The van der Waals surface area contributed by atoms with E-state index in [2.05, 4.69) is 35.8 Å². The minimum atomic E-state index is -0.459. The number of nitrogens with zero attached hydrogens (tertiary/aromatic N) is 5. The summed E-state index contributed by atoms with van der Waals surface area (Å²) in [7, 11) is 0. The number of furan rings is 1. The molecule has 1 aliphatic carbocycles. The fraction of sp³-hybridized carbons (Fsp3) is 0.682. The fourth-order valence-electron chi connectivity index (χ4n) is 5.09. The smallest absolute Gasteiger partial charge is 0.289 e. The van der Waals surface area contributed by atoms with Gasteiger partial charge in [0.25, 0.3) is 5.91 Å². The van der Waals surface area contributed by atoms with Crippen molar-refractivity contribution in [2.75, 3.05) is 26.2 Å². The Bertz CT molecular complexity index is 845. The molecule has 1 saturated heterocycles. The second-order valence-corrected chi connectivity index (χ2v) is 8.59. The zero-order chi connectivity index (χ0) is 21.3.